The molecule has 0 radical (unpaired) electrons. The molecule has 110 valence electrons. The van der Waals surface area contributed by atoms with E-state index in [-0.39, 0.29) is 5.92 Å². The van der Waals surface area contributed by atoms with Crippen molar-refractivity contribution in [1.29, 1.82) is 5.26 Å². The number of nitrogens with zero attached hydrogens (tertiary/aromatic N) is 2. The zero-order valence-electron chi connectivity index (χ0n) is 12.8. The summed E-state index contributed by atoms with van der Waals surface area (Å²) < 4.78 is 1.07. The molecule has 0 amide bonds. The number of rotatable bonds is 7. The second kappa shape index (κ2) is 8.28. The first-order chi connectivity index (χ1) is 9.49. The first-order valence-corrected chi connectivity index (χ1v) is 7.92. The summed E-state index contributed by atoms with van der Waals surface area (Å²) in [5.74, 6) is 0.0192. The van der Waals surface area contributed by atoms with Gasteiger partial charge in [-0.25, -0.2) is 0 Å². The number of hydrogen-bond donors (Lipinski definition) is 1. The summed E-state index contributed by atoms with van der Waals surface area (Å²) >= 11 is 3.54. The molecule has 0 fully saturated rings. The Labute approximate surface area is 131 Å². The van der Waals surface area contributed by atoms with Crippen molar-refractivity contribution in [1.82, 2.24) is 5.32 Å². The lowest BCUT2D eigenvalue weighted by Gasteiger charge is -2.26. The van der Waals surface area contributed by atoms with Crippen LogP contribution < -0.4 is 10.2 Å². The molecule has 0 aromatic heterocycles. The third kappa shape index (κ3) is 4.81. The molecule has 3 nitrogen and oxygen atoms in total. The largest absolute Gasteiger partial charge is 0.373 e. The Morgan fingerprint density at radius 1 is 1.40 bits per heavy atom. The van der Waals surface area contributed by atoms with Crippen molar-refractivity contribution in [3.63, 3.8) is 0 Å². The lowest BCUT2D eigenvalue weighted by Crippen LogP contribution is -2.27. The van der Waals surface area contributed by atoms with Crippen LogP contribution in [0.15, 0.2) is 22.7 Å². The van der Waals surface area contributed by atoms with Gasteiger partial charge in [0.05, 0.1) is 12.0 Å². The van der Waals surface area contributed by atoms with Crippen molar-refractivity contribution < 1.29 is 0 Å². The molecule has 2 atom stereocenters. The minimum Gasteiger partial charge on any atom is -0.373 e. The highest BCUT2D eigenvalue weighted by atomic mass is 79.9. The van der Waals surface area contributed by atoms with Crippen LogP contribution in [0, 0.1) is 17.2 Å². The maximum atomic E-state index is 8.98. The predicted octanol–water partition coefficient (Wildman–Crippen LogP) is 4.11. The molecule has 0 spiro atoms. The third-order valence-electron chi connectivity index (χ3n) is 3.34. The monoisotopic (exact) mass is 337 g/mol. The quantitative estimate of drug-likeness (QED) is 0.813. The highest BCUT2D eigenvalue weighted by Gasteiger charge is 2.15. The van der Waals surface area contributed by atoms with E-state index >= 15 is 0 Å². The van der Waals surface area contributed by atoms with E-state index in [0.29, 0.717) is 6.04 Å². The molecule has 1 rings (SSSR count). The minimum absolute atomic E-state index is 0.0192. The summed E-state index contributed by atoms with van der Waals surface area (Å²) in [6.07, 6.45) is 1.12. The molecule has 0 bridgehead atoms. The van der Waals surface area contributed by atoms with E-state index < -0.39 is 0 Å². The van der Waals surface area contributed by atoms with Gasteiger partial charge in [0.25, 0.3) is 0 Å². The van der Waals surface area contributed by atoms with Gasteiger partial charge in [0.2, 0.25) is 0 Å². The smallest absolute Gasteiger partial charge is 0.0671 e. The fourth-order valence-electron chi connectivity index (χ4n) is 2.23. The number of hydrogen-bond acceptors (Lipinski definition) is 3. The summed E-state index contributed by atoms with van der Waals surface area (Å²) in [7, 11) is 2.05. The van der Waals surface area contributed by atoms with Crippen molar-refractivity contribution in [3.8, 4) is 6.07 Å². The first kappa shape index (κ1) is 17.0. The van der Waals surface area contributed by atoms with Gasteiger partial charge in [-0.3, -0.25) is 0 Å². The Bertz CT molecular complexity index is 467. The van der Waals surface area contributed by atoms with Crippen LogP contribution in [0.4, 0.5) is 5.69 Å². The van der Waals surface area contributed by atoms with E-state index in [1.54, 1.807) is 0 Å². The molecule has 1 aromatic rings. The molecular weight excluding hydrogens is 314 g/mol. The van der Waals surface area contributed by atoms with Gasteiger partial charge in [-0.2, -0.15) is 5.26 Å². The highest BCUT2D eigenvalue weighted by Crippen LogP contribution is 2.29. The molecule has 20 heavy (non-hydrogen) atoms. The maximum Gasteiger partial charge on any atom is 0.0671 e. The lowest BCUT2D eigenvalue weighted by molar-refractivity contribution is 0.568. The summed E-state index contributed by atoms with van der Waals surface area (Å²) in [5.41, 5.74) is 2.45. The molecule has 0 saturated carbocycles. The van der Waals surface area contributed by atoms with E-state index in [0.717, 1.165) is 24.0 Å². The second-order valence-corrected chi connectivity index (χ2v) is 6.21. The molecule has 0 aliphatic carbocycles. The topological polar surface area (TPSA) is 39.1 Å². The van der Waals surface area contributed by atoms with Gasteiger partial charge in [0, 0.05) is 29.8 Å². The van der Waals surface area contributed by atoms with Gasteiger partial charge in [0.1, 0.15) is 0 Å². The summed E-state index contributed by atoms with van der Waals surface area (Å²) in [6, 6.07) is 8.95. The first-order valence-electron chi connectivity index (χ1n) is 7.13. The summed E-state index contributed by atoms with van der Waals surface area (Å²) in [4.78, 5) is 2.16. The van der Waals surface area contributed by atoms with Gasteiger partial charge in [0.15, 0.2) is 0 Å². The zero-order valence-corrected chi connectivity index (χ0v) is 14.4. The summed E-state index contributed by atoms with van der Waals surface area (Å²) in [5, 5.41) is 12.5. The lowest BCUT2D eigenvalue weighted by atomic mass is 10.0. The predicted molar refractivity (Wildman–Crippen MR) is 88.9 cm³/mol. The standard InChI is InChI=1S/C16H24BrN3/c1-5-8-19-13(3)15-7-6-14(17)9-16(15)20(4)11-12(2)10-18/h6-7,9,12-13,19H,5,8,11H2,1-4H3. The van der Waals surface area contributed by atoms with Crippen molar-refractivity contribution in [2.24, 2.45) is 5.92 Å². The zero-order chi connectivity index (χ0) is 15.1. The van der Waals surface area contributed by atoms with Crippen LogP contribution in [0.5, 0.6) is 0 Å². The number of anilines is 1. The van der Waals surface area contributed by atoms with Crippen molar-refractivity contribution in [2.45, 2.75) is 33.2 Å². The molecule has 2 unspecified atom stereocenters. The van der Waals surface area contributed by atoms with Crippen molar-refractivity contribution in [2.75, 3.05) is 25.0 Å². The molecule has 1 aromatic carbocycles. The van der Waals surface area contributed by atoms with Crippen molar-refractivity contribution in [3.05, 3.63) is 28.2 Å². The third-order valence-corrected chi connectivity index (χ3v) is 3.83. The minimum atomic E-state index is 0.0192. The number of benzene rings is 1. The molecule has 0 heterocycles. The molecule has 0 aliphatic heterocycles. The molecule has 1 N–H and O–H groups in total. The van der Waals surface area contributed by atoms with Crippen LogP contribution in [0.1, 0.15) is 38.8 Å². The maximum absolute atomic E-state index is 8.98. The van der Waals surface area contributed by atoms with Gasteiger partial charge in [-0.1, -0.05) is 28.9 Å². The molecule has 4 heteroatoms. The van der Waals surface area contributed by atoms with E-state index in [9.17, 15) is 0 Å². The average Bonchev–Trinajstić information content (AvgIpc) is 2.44. The fourth-order valence-corrected chi connectivity index (χ4v) is 2.58. The Kier molecular flexibility index (Phi) is 7.04. The van der Waals surface area contributed by atoms with Gasteiger partial charge in [-0.15, -0.1) is 0 Å². The van der Waals surface area contributed by atoms with Crippen LogP contribution in [0.2, 0.25) is 0 Å². The Balaban J connectivity index is 2.98. The van der Waals surface area contributed by atoms with Crippen molar-refractivity contribution >= 4 is 21.6 Å². The Morgan fingerprint density at radius 3 is 2.70 bits per heavy atom. The number of nitrogens with one attached hydrogen (secondary N) is 1. The summed E-state index contributed by atoms with van der Waals surface area (Å²) in [6.45, 7) is 8.05. The Morgan fingerprint density at radius 2 is 2.10 bits per heavy atom. The average molecular weight is 338 g/mol. The fraction of sp³-hybridized carbons (Fsp3) is 0.562. The van der Waals surface area contributed by atoms with E-state index in [1.165, 1.54) is 11.3 Å². The van der Waals surface area contributed by atoms with Crippen LogP contribution >= 0.6 is 15.9 Å². The van der Waals surface area contributed by atoms with Gasteiger partial charge in [-0.05, 0) is 44.5 Å². The number of halogens is 1. The van der Waals surface area contributed by atoms with Crippen LogP contribution in [0.25, 0.3) is 0 Å². The van der Waals surface area contributed by atoms with Crippen LogP contribution in [0.3, 0.4) is 0 Å². The second-order valence-electron chi connectivity index (χ2n) is 5.29. The van der Waals surface area contributed by atoms with E-state index in [2.05, 4.69) is 64.3 Å². The van der Waals surface area contributed by atoms with Crippen LogP contribution in [-0.2, 0) is 0 Å². The molecule has 0 aliphatic rings. The van der Waals surface area contributed by atoms with E-state index in [4.69, 9.17) is 5.26 Å². The Hall–Kier alpha value is -1.05. The van der Waals surface area contributed by atoms with Gasteiger partial charge < -0.3 is 10.2 Å². The SMILES string of the molecule is CCCNC(C)c1ccc(Br)cc1N(C)CC(C)C#N. The number of nitriles is 1. The van der Waals surface area contributed by atoms with E-state index in [1.807, 2.05) is 14.0 Å². The molecule has 0 saturated heterocycles. The van der Waals surface area contributed by atoms with Gasteiger partial charge >= 0.3 is 0 Å². The molecular formula is C16H24BrN3. The highest BCUT2D eigenvalue weighted by molar-refractivity contribution is 9.10. The normalized spacial score (nSPS) is 13.6. The van der Waals surface area contributed by atoms with Crippen LogP contribution in [-0.4, -0.2) is 20.1 Å².